The van der Waals surface area contributed by atoms with Gasteiger partial charge < -0.3 is 0 Å². The van der Waals surface area contributed by atoms with Gasteiger partial charge in [0, 0.05) is 0 Å². The van der Waals surface area contributed by atoms with E-state index in [4.69, 9.17) is 0 Å². The minimum atomic E-state index is 0.0831. The second-order valence-corrected chi connectivity index (χ2v) is 9.88. The molecule has 166 valence electrons. The molecule has 0 aliphatic rings. The zero-order valence-electron chi connectivity index (χ0n) is 20.1. The van der Waals surface area contributed by atoms with Gasteiger partial charge in [0.25, 0.3) is 0 Å². The normalized spacial score (nSPS) is 11.4. The van der Waals surface area contributed by atoms with Crippen LogP contribution in [0.2, 0.25) is 0 Å². The molecule has 0 saturated heterocycles. The Morgan fingerprint density at radius 2 is 0.824 bits per heavy atom. The molecule has 0 unspecified atom stereocenters. The summed E-state index contributed by atoms with van der Waals surface area (Å²) in [6.45, 7) is 6.84. The van der Waals surface area contributed by atoms with E-state index in [0.717, 1.165) is 0 Å². The minimum absolute atomic E-state index is 0.0831. The predicted molar refractivity (Wildman–Crippen MR) is 147 cm³/mol. The Bertz CT molecular complexity index is 1330. The third kappa shape index (κ3) is 4.45. The van der Waals surface area contributed by atoms with Crippen molar-refractivity contribution in [3.63, 3.8) is 0 Å². The number of benzene rings is 5. The molecule has 0 spiro atoms. The first-order chi connectivity index (χ1) is 16.5. The van der Waals surface area contributed by atoms with Crippen molar-refractivity contribution in [2.75, 3.05) is 0 Å². The molecular formula is C34H30. The summed E-state index contributed by atoms with van der Waals surface area (Å²) < 4.78 is 0. The van der Waals surface area contributed by atoms with Gasteiger partial charge in [-0.25, -0.2) is 0 Å². The van der Waals surface area contributed by atoms with Crippen LogP contribution >= 0.6 is 0 Å². The van der Waals surface area contributed by atoms with E-state index in [0.29, 0.717) is 0 Å². The van der Waals surface area contributed by atoms with Crippen molar-refractivity contribution >= 4 is 0 Å². The SMILES string of the molecule is CC(C)(C)c1cccc(-c2c(-c3ccccc3)cc(-c3ccccc3)cc2-c2ccccc2)c1. The summed E-state index contributed by atoms with van der Waals surface area (Å²) in [5.74, 6) is 0. The highest BCUT2D eigenvalue weighted by Gasteiger charge is 2.19. The Balaban J connectivity index is 1.87. The lowest BCUT2D eigenvalue weighted by atomic mass is 9.81. The van der Waals surface area contributed by atoms with Crippen molar-refractivity contribution in [3.8, 4) is 44.5 Å². The fraction of sp³-hybridized carbons (Fsp3) is 0.118. The first kappa shape index (κ1) is 21.9. The molecule has 0 N–H and O–H groups in total. The molecule has 0 aliphatic heterocycles. The van der Waals surface area contributed by atoms with Crippen molar-refractivity contribution in [1.82, 2.24) is 0 Å². The Kier molecular flexibility index (Phi) is 5.90. The van der Waals surface area contributed by atoms with Crippen LogP contribution in [0.3, 0.4) is 0 Å². The van der Waals surface area contributed by atoms with Crippen LogP contribution in [-0.2, 0) is 5.41 Å². The zero-order valence-corrected chi connectivity index (χ0v) is 20.1. The molecule has 5 rings (SSSR count). The molecule has 0 bridgehead atoms. The van der Waals surface area contributed by atoms with Gasteiger partial charge in [-0.1, -0.05) is 136 Å². The summed E-state index contributed by atoms with van der Waals surface area (Å²) >= 11 is 0. The highest BCUT2D eigenvalue weighted by molar-refractivity contribution is 5.97. The maximum atomic E-state index is 2.37. The molecule has 0 atom stereocenters. The molecule has 5 aromatic carbocycles. The van der Waals surface area contributed by atoms with Gasteiger partial charge >= 0.3 is 0 Å². The zero-order chi connectivity index (χ0) is 23.5. The molecule has 0 aromatic heterocycles. The molecule has 0 amide bonds. The third-order valence-electron chi connectivity index (χ3n) is 6.43. The van der Waals surface area contributed by atoms with E-state index in [2.05, 4.69) is 148 Å². The lowest BCUT2D eigenvalue weighted by Crippen LogP contribution is -2.10. The lowest BCUT2D eigenvalue weighted by Gasteiger charge is -2.23. The molecule has 0 radical (unpaired) electrons. The number of rotatable bonds is 4. The lowest BCUT2D eigenvalue weighted by molar-refractivity contribution is 0.590. The fourth-order valence-electron chi connectivity index (χ4n) is 4.58. The van der Waals surface area contributed by atoms with Crippen LogP contribution < -0.4 is 0 Å². The topological polar surface area (TPSA) is 0 Å². The standard InChI is InChI=1S/C34H30/c1-34(2,3)30-21-13-20-28(22-30)33-31(26-16-9-5-10-17-26)23-29(25-14-7-4-8-15-25)24-32(33)27-18-11-6-12-19-27/h4-24H,1-3H3. The molecule has 34 heavy (non-hydrogen) atoms. The summed E-state index contributed by atoms with van der Waals surface area (Å²) in [5.41, 5.74) is 11.4. The van der Waals surface area contributed by atoms with Gasteiger partial charge in [-0.3, -0.25) is 0 Å². The molecule has 0 heterocycles. The van der Waals surface area contributed by atoms with E-state index in [-0.39, 0.29) is 5.41 Å². The molecule has 0 saturated carbocycles. The molecule has 5 aromatic rings. The maximum absolute atomic E-state index is 2.37. The quantitative estimate of drug-likeness (QED) is 0.262. The first-order valence-electron chi connectivity index (χ1n) is 12.0. The summed E-state index contributed by atoms with van der Waals surface area (Å²) in [6, 6.07) is 46.0. The van der Waals surface area contributed by atoms with Crippen LogP contribution in [0.5, 0.6) is 0 Å². The number of hydrogen-bond donors (Lipinski definition) is 0. The maximum Gasteiger partial charge on any atom is -0.00263 e. The first-order valence-corrected chi connectivity index (χ1v) is 12.0. The Hall–Kier alpha value is -3.90. The molecular weight excluding hydrogens is 408 g/mol. The highest BCUT2D eigenvalue weighted by Crippen LogP contribution is 2.44. The molecule has 0 nitrogen and oxygen atoms in total. The molecule has 0 aliphatic carbocycles. The monoisotopic (exact) mass is 438 g/mol. The van der Waals surface area contributed by atoms with E-state index in [1.807, 2.05) is 0 Å². The van der Waals surface area contributed by atoms with Crippen molar-refractivity contribution in [2.24, 2.45) is 0 Å². The summed E-state index contributed by atoms with van der Waals surface area (Å²) in [6.07, 6.45) is 0. The highest BCUT2D eigenvalue weighted by atomic mass is 14.2. The van der Waals surface area contributed by atoms with Gasteiger partial charge in [-0.15, -0.1) is 0 Å². The fourth-order valence-corrected chi connectivity index (χ4v) is 4.58. The molecule has 0 heteroatoms. The van der Waals surface area contributed by atoms with E-state index in [1.165, 1.54) is 50.1 Å². The van der Waals surface area contributed by atoms with Gasteiger partial charge in [0.2, 0.25) is 0 Å². The van der Waals surface area contributed by atoms with Gasteiger partial charge in [-0.2, -0.15) is 0 Å². The average Bonchev–Trinajstić information content (AvgIpc) is 2.89. The van der Waals surface area contributed by atoms with Gasteiger partial charge in [0.15, 0.2) is 0 Å². The van der Waals surface area contributed by atoms with Crippen LogP contribution in [-0.4, -0.2) is 0 Å². The van der Waals surface area contributed by atoms with E-state index in [1.54, 1.807) is 0 Å². The summed E-state index contributed by atoms with van der Waals surface area (Å²) in [4.78, 5) is 0. The average molecular weight is 439 g/mol. The third-order valence-corrected chi connectivity index (χ3v) is 6.43. The van der Waals surface area contributed by atoms with Crippen molar-refractivity contribution in [3.05, 3.63) is 133 Å². The van der Waals surface area contributed by atoms with E-state index < -0.39 is 0 Å². The smallest absolute Gasteiger partial charge is 0.00263 e. The van der Waals surface area contributed by atoms with Gasteiger partial charge in [0.1, 0.15) is 0 Å². The van der Waals surface area contributed by atoms with E-state index >= 15 is 0 Å². The van der Waals surface area contributed by atoms with Gasteiger partial charge in [0.05, 0.1) is 0 Å². The Labute approximate surface area is 203 Å². The molecule has 0 fully saturated rings. The van der Waals surface area contributed by atoms with Crippen LogP contribution in [0, 0.1) is 0 Å². The van der Waals surface area contributed by atoms with Crippen LogP contribution in [0.1, 0.15) is 26.3 Å². The largest absolute Gasteiger partial charge is 0.0622 e. The number of hydrogen-bond acceptors (Lipinski definition) is 0. The Morgan fingerprint density at radius 3 is 1.29 bits per heavy atom. The van der Waals surface area contributed by atoms with E-state index in [9.17, 15) is 0 Å². The predicted octanol–water partition coefficient (Wildman–Crippen LogP) is 9.65. The minimum Gasteiger partial charge on any atom is -0.0622 e. The van der Waals surface area contributed by atoms with Crippen LogP contribution in [0.25, 0.3) is 44.5 Å². The summed E-state index contributed by atoms with van der Waals surface area (Å²) in [7, 11) is 0. The van der Waals surface area contributed by atoms with Crippen molar-refractivity contribution < 1.29 is 0 Å². The van der Waals surface area contributed by atoms with Crippen molar-refractivity contribution in [2.45, 2.75) is 26.2 Å². The van der Waals surface area contributed by atoms with Crippen LogP contribution in [0.4, 0.5) is 0 Å². The summed E-state index contributed by atoms with van der Waals surface area (Å²) in [5, 5.41) is 0. The Morgan fingerprint density at radius 1 is 0.382 bits per heavy atom. The van der Waals surface area contributed by atoms with Gasteiger partial charge in [-0.05, 0) is 67.6 Å². The second-order valence-electron chi connectivity index (χ2n) is 9.88. The van der Waals surface area contributed by atoms with Crippen molar-refractivity contribution in [1.29, 1.82) is 0 Å². The van der Waals surface area contributed by atoms with Crippen LogP contribution in [0.15, 0.2) is 127 Å². The second kappa shape index (κ2) is 9.15.